The molecular weight excluding hydrogens is 280 g/mol. The van der Waals surface area contributed by atoms with Gasteiger partial charge in [0.25, 0.3) is 0 Å². The summed E-state index contributed by atoms with van der Waals surface area (Å²) in [5.41, 5.74) is -10.1. The van der Waals surface area contributed by atoms with Gasteiger partial charge in [-0.1, -0.05) is 24.3 Å². The third-order valence-electron chi connectivity index (χ3n) is 2.89. The molecule has 0 saturated heterocycles. The number of fused-ring (bicyclic) bond motifs is 1. The molecule has 3 N–H and O–H groups in total. The molecule has 0 amide bonds. The smallest absolute Gasteiger partial charge is 0.364 e. The highest BCUT2D eigenvalue weighted by Crippen LogP contribution is 2.52. The van der Waals surface area contributed by atoms with Crippen molar-refractivity contribution in [2.75, 3.05) is 0 Å². The van der Waals surface area contributed by atoms with E-state index in [9.17, 15) is 36.6 Å². The molecule has 0 aliphatic carbocycles. The lowest BCUT2D eigenvalue weighted by molar-refractivity contribution is -0.331. The van der Waals surface area contributed by atoms with Gasteiger partial charge in [-0.2, -0.15) is 26.3 Å². The zero-order valence-electron chi connectivity index (χ0n) is 8.97. The van der Waals surface area contributed by atoms with E-state index in [1.54, 1.807) is 0 Å². The molecule has 0 spiro atoms. The molecule has 2 rings (SSSR count). The predicted octanol–water partition coefficient (Wildman–Crippen LogP) is 1.70. The van der Waals surface area contributed by atoms with Gasteiger partial charge in [-0.3, -0.25) is 0 Å². The summed E-state index contributed by atoms with van der Waals surface area (Å²) in [5, 5.41) is 19.8. The highest BCUT2D eigenvalue weighted by molar-refractivity contribution is 5.43. The number of halogens is 6. The maximum absolute atomic E-state index is 12.8. The molecule has 1 aromatic rings. The first-order valence-corrected chi connectivity index (χ1v) is 4.91. The Hall–Kier alpha value is -1.32. The van der Waals surface area contributed by atoms with E-state index in [1.165, 1.54) is 0 Å². The Morgan fingerprint density at radius 3 is 1.37 bits per heavy atom. The van der Waals surface area contributed by atoms with E-state index >= 15 is 0 Å². The van der Waals surface area contributed by atoms with E-state index in [4.69, 9.17) is 0 Å². The molecule has 1 aromatic carbocycles. The van der Waals surface area contributed by atoms with E-state index in [0.29, 0.717) is 12.1 Å². The van der Waals surface area contributed by atoms with Gasteiger partial charge >= 0.3 is 12.4 Å². The average molecular weight is 287 g/mol. The molecule has 2 atom stereocenters. The molecule has 106 valence electrons. The van der Waals surface area contributed by atoms with Crippen LogP contribution in [0, 0.1) is 0 Å². The highest BCUT2D eigenvalue weighted by atomic mass is 19.4. The van der Waals surface area contributed by atoms with Crippen molar-refractivity contribution >= 4 is 0 Å². The second kappa shape index (κ2) is 3.62. The van der Waals surface area contributed by atoms with Crippen LogP contribution in [0.1, 0.15) is 11.1 Å². The number of nitrogens with one attached hydrogen (secondary N) is 1. The van der Waals surface area contributed by atoms with E-state index in [-0.39, 0.29) is 0 Å². The molecular formula is C10H7F6NO2. The Balaban J connectivity index is 2.71. The summed E-state index contributed by atoms with van der Waals surface area (Å²) < 4.78 is 76.6. The second-order valence-electron chi connectivity index (χ2n) is 4.09. The lowest BCUT2D eigenvalue weighted by Crippen LogP contribution is -2.60. The van der Waals surface area contributed by atoms with Gasteiger partial charge in [0.1, 0.15) is 0 Å². The van der Waals surface area contributed by atoms with E-state index in [0.717, 1.165) is 17.4 Å². The summed E-state index contributed by atoms with van der Waals surface area (Å²) in [7, 11) is 0. The van der Waals surface area contributed by atoms with Gasteiger partial charge in [0.15, 0.2) is 0 Å². The van der Waals surface area contributed by atoms with Crippen LogP contribution in [0.25, 0.3) is 0 Å². The van der Waals surface area contributed by atoms with Crippen LogP contribution in [0.2, 0.25) is 0 Å². The summed E-state index contributed by atoms with van der Waals surface area (Å²) >= 11 is 0. The Morgan fingerprint density at radius 1 is 0.789 bits per heavy atom. The summed E-state index contributed by atoms with van der Waals surface area (Å²) in [6.45, 7) is 0. The molecule has 0 bridgehead atoms. The van der Waals surface area contributed by atoms with Crippen LogP contribution in [0.15, 0.2) is 24.3 Å². The van der Waals surface area contributed by atoms with Gasteiger partial charge in [0.2, 0.25) is 11.4 Å². The average Bonchev–Trinajstić information content (AvgIpc) is 2.50. The zero-order chi connectivity index (χ0) is 14.7. The lowest BCUT2D eigenvalue weighted by Gasteiger charge is -2.32. The van der Waals surface area contributed by atoms with Crippen molar-refractivity contribution < 1.29 is 36.6 Å². The third-order valence-corrected chi connectivity index (χ3v) is 2.89. The van der Waals surface area contributed by atoms with Crippen molar-refractivity contribution in [1.29, 1.82) is 0 Å². The Bertz CT molecular complexity index is 468. The summed E-state index contributed by atoms with van der Waals surface area (Å²) in [4.78, 5) is 0. The number of aliphatic hydroxyl groups is 2. The van der Waals surface area contributed by atoms with Crippen molar-refractivity contribution in [1.82, 2.24) is 5.32 Å². The van der Waals surface area contributed by atoms with Gasteiger partial charge in [0.05, 0.1) is 0 Å². The monoisotopic (exact) mass is 287 g/mol. The summed E-state index contributed by atoms with van der Waals surface area (Å²) in [5.74, 6) is 0. The normalized spacial score (nSPS) is 31.4. The third kappa shape index (κ3) is 1.72. The van der Waals surface area contributed by atoms with E-state index in [1.807, 2.05) is 0 Å². The van der Waals surface area contributed by atoms with Crippen molar-refractivity contribution in [2.45, 2.75) is 23.8 Å². The fourth-order valence-electron chi connectivity index (χ4n) is 1.96. The molecule has 0 aromatic heterocycles. The number of alkyl halides is 6. The van der Waals surface area contributed by atoms with Crippen LogP contribution in [-0.4, -0.2) is 22.6 Å². The predicted molar refractivity (Wildman–Crippen MR) is 49.5 cm³/mol. The van der Waals surface area contributed by atoms with Crippen molar-refractivity contribution in [2.24, 2.45) is 0 Å². The molecule has 1 heterocycles. The molecule has 0 radical (unpaired) electrons. The van der Waals surface area contributed by atoms with Crippen molar-refractivity contribution in [3.63, 3.8) is 0 Å². The second-order valence-corrected chi connectivity index (χ2v) is 4.09. The van der Waals surface area contributed by atoms with Gasteiger partial charge < -0.3 is 10.2 Å². The summed E-state index contributed by atoms with van der Waals surface area (Å²) in [6, 6.07) is 3.39. The molecule has 0 saturated carbocycles. The topological polar surface area (TPSA) is 52.5 Å². The maximum Gasteiger partial charge on any atom is 0.435 e. The maximum atomic E-state index is 12.8. The number of rotatable bonds is 0. The zero-order valence-corrected chi connectivity index (χ0v) is 8.97. The molecule has 1 aliphatic heterocycles. The molecule has 1 aliphatic rings. The van der Waals surface area contributed by atoms with E-state index in [2.05, 4.69) is 0 Å². The molecule has 19 heavy (non-hydrogen) atoms. The van der Waals surface area contributed by atoms with Crippen LogP contribution in [0.3, 0.4) is 0 Å². The Labute approximate surface area is 102 Å². The fraction of sp³-hybridized carbons (Fsp3) is 0.400. The molecule has 3 nitrogen and oxygen atoms in total. The molecule has 2 unspecified atom stereocenters. The fourth-order valence-corrected chi connectivity index (χ4v) is 1.96. The quantitative estimate of drug-likeness (QED) is 0.637. The van der Waals surface area contributed by atoms with Crippen LogP contribution < -0.4 is 5.32 Å². The summed E-state index contributed by atoms with van der Waals surface area (Å²) in [6.07, 6.45) is -10.9. The number of hydrogen-bond acceptors (Lipinski definition) is 3. The van der Waals surface area contributed by atoms with Crippen LogP contribution >= 0.6 is 0 Å². The molecule has 0 fully saturated rings. The SMILES string of the molecule is OC1(C(F)(F)F)NC(O)(C(F)(F)F)c2ccccc21. The number of benzene rings is 1. The first kappa shape index (κ1) is 14.1. The first-order chi connectivity index (χ1) is 8.43. The minimum Gasteiger partial charge on any atom is -0.364 e. The van der Waals surface area contributed by atoms with E-state index < -0.39 is 34.9 Å². The van der Waals surface area contributed by atoms with Crippen LogP contribution in [0.5, 0.6) is 0 Å². The minimum absolute atomic E-state index is 0.666. The van der Waals surface area contributed by atoms with Gasteiger partial charge in [-0.15, -0.1) is 0 Å². The van der Waals surface area contributed by atoms with Crippen LogP contribution in [-0.2, 0) is 11.4 Å². The molecule has 9 heteroatoms. The highest BCUT2D eigenvalue weighted by Gasteiger charge is 2.71. The van der Waals surface area contributed by atoms with Gasteiger partial charge in [-0.05, 0) is 0 Å². The van der Waals surface area contributed by atoms with Crippen molar-refractivity contribution in [3.05, 3.63) is 35.4 Å². The minimum atomic E-state index is -5.43. The van der Waals surface area contributed by atoms with Gasteiger partial charge in [-0.25, -0.2) is 5.32 Å². The first-order valence-electron chi connectivity index (χ1n) is 4.91. The lowest BCUT2D eigenvalue weighted by atomic mass is 9.97. The Kier molecular flexibility index (Phi) is 2.68. The van der Waals surface area contributed by atoms with Crippen LogP contribution in [0.4, 0.5) is 26.3 Å². The van der Waals surface area contributed by atoms with Gasteiger partial charge in [0, 0.05) is 11.1 Å². The number of hydrogen-bond donors (Lipinski definition) is 3. The largest absolute Gasteiger partial charge is 0.435 e. The van der Waals surface area contributed by atoms with Crippen molar-refractivity contribution in [3.8, 4) is 0 Å². The Morgan fingerprint density at radius 2 is 1.11 bits per heavy atom. The standard InChI is InChI=1S/C10H7F6NO2/c11-9(12,13)7(18)5-3-1-2-4-6(5)8(19,17-7)10(14,15)16/h1-4,17-19H.